The van der Waals surface area contributed by atoms with Crippen LogP contribution in [-0.4, -0.2) is 50.9 Å². The first-order chi connectivity index (χ1) is 12.1. The number of carbonyl (C=O) groups excluding carboxylic acids is 1. The Morgan fingerprint density at radius 3 is 2.72 bits per heavy atom. The number of nitrogens with zero attached hydrogens (tertiary/aromatic N) is 3. The maximum atomic E-state index is 13.0. The minimum absolute atomic E-state index is 0.152. The third-order valence-corrected chi connectivity index (χ3v) is 4.25. The summed E-state index contributed by atoms with van der Waals surface area (Å²) in [4.78, 5) is 25.8. The Bertz CT molecular complexity index is 757. The molecule has 0 radical (unpaired) electrons. The molecule has 132 valence electrons. The maximum absolute atomic E-state index is 13.0. The standard InChI is InChI=1S/C18H21N3O4/c1-2-25-15-12-21(13-8-4-3-5-9-13)19-16(15)17(22)20-11-7-6-10-14(20)18(23)24/h3-5,8-9,12,14H,2,6-7,10-11H2,1H3,(H,23,24). The van der Waals surface area contributed by atoms with E-state index in [4.69, 9.17) is 4.74 Å². The Labute approximate surface area is 145 Å². The van der Waals surface area contributed by atoms with Gasteiger partial charge in [-0.3, -0.25) is 4.79 Å². The number of para-hydroxylation sites is 1. The van der Waals surface area contributed by atoms with Crippen molar-refractivity contribution in [2.24, 2.45) is 0 Å². The molecule has 1 saturated heterocycles. The Kier molecular flexibility index (Phi) is 5.02. The highest BCUT2D eigenvalue weighted by Gasteiger charge is 2.35. The molecule has 1 aliphatic rings. The molecule has 1 aliphatic heterocycles. The average molecular weight is 343 g/mol. The molecular weight excluding hydrogens is 322 g/mol. The van der Waals surface area contributed by atoms with Gasteiger partial charge in [0, 0.05) is 6.54 Å². The molecule has 2 aromatic rings. The second kappa shape index (κ2) is 7.38. The number of aliphatic carboxylic acids is 1. The van der Waals surface area contributed by atoms with Crippen LogP contribution in [0.1, 0.15) is 36.7 Å². The molecule has 0 bridgehead atoms. The lowest BCUT2D eigenvalue weighted by Gasteiger charge is -2.32. The van der Waals surface area contributed by atoms with E-state index in [9.17, 15) is 14.7 Å². The zero-order valence-corrected chi connectivity index (χ0v) is 14.1. The summed E-state index contributed by atoms with van der Waals surface area (Å²) < 4.78 is 7.15. The smallest absolute Gasteiger partial charge is 0.326 e. The van der Waals surface area contributed by atoms with Gasteiger partial charge in [-0.25, -0.2) is 9.48 Å². The average Bonchev–Trinajstić information content (AvgIpc) is 3.06. The van der Waals surface area contributed by atoms with Gasteiger partial charge in [0.2, 0.25) is 0 Å². The van der Waals surface area contributed by atoms with Gasteiger partial charge in [-0.1, -0.05) is 18.2 Å². The van der Waals surface area contributed by atoms with Gasteiger partial charge in [0.15, 0.2) is 11.4 Å². The van der Waals surface area contributed by atoms with E-state index in [0.717, 1.165) is 18.5 Å². The first kappa shape index (κ1) is 17.0. The van der Waals surface area contributed by atoms with Gasteiger partial charge in [0.25, 0.3) is 5.91 Å². The lowest BCUT2D eigenvalue weighted by Crippen LogP contribution is -2.48. The second-order valence-corrected chi connectivity index (χ2v) is 5.90. The fraction of sp³-hybridized carbons (Fsp3) is 0.389. The van der Waals surface area contributed by atoms with Gasteiger partial charge in [0.1, 0.15) is 6.04 Å². The zero-order valence-electron chi connectivity index (χ0n) is 14.1. The van der Waals surface area contributed by atoms with E-state index in [0.29, 0.717) is 25.3 Å². The van der Waals surface area contributed by atoms with Gasteiger partial charge in [-0.2, -0.15) is 5.10 Å². The molecule has 25 heavy (non-hydrogen) atoms. The first-order valence-corrected chi connectivity index (χ1v) is 8.43. The zero-order chi connectivity index (χ0) is 17.8. The lowest BCUT2D eigenvalue weighted by molar-refractivity contribution is -0.143. The summed E-state index contributed by atoms with van der Waals surface area (Å²) >= 11 is 0. The number of benzene rings is 1. The predicted molar refractivity (Wildman–Crippen MR) is 91.0 cm³/mol. The van der Waals surface area contributed by atoms with E-state index < -0.39 is 17.9 Å². The van der Waals surface area contributed by atoms with E-state index in [1.165, 1.54) is 4.90 Å². The molecule has 2 heterocycles. The van der Waals surface area contributed by atoms with Crippen LogP contribution in [0.5, 0.6) is 5.75 Å². The summed E-state index contributed by atoms with van der Waals surface area (Å²) in [6, 6.07) is 8.59. The highest BCUT2D eigenvalue weighted by Crippen LogP contribution is 2.25. The van der Waals surface area contributed by atoms with Crippen LogP contribution in [0.25, 0.3) is 5.69 Å². The molecule has 3 rings (SSSR count). The predicted octanol–water partition coefficient (Wildman–Crippen LogP) is 2.35. The molecule has 1 atom stereocenters. The molecule has 0 aliphatic carbocycles. The maximum Gasteiger partial charge on any atom is 0.326 e. The van der Waals surface area contributed by atoms with Crippen molar-refractivity contribution in [3.05, 3.63) is 42.2 Å². The molecule has 0 spiro atoms. The fourth-order valence-corrected chi connectivity index (χ4v) is 3.05. The summed E-state index contributed by atoms with van der Waals surface area (Å²) in [5.74, 6) is -1.01. The van der Waals surface area contributed by atoms with E-state index in [-0.39, 0.29) is 5.69 Å². The number of rotatable bonds is 5. The summed E-state index contributed by atoms with van der Waals surface area (Å²) in [6.45, 7) is 2.64. The molecule has 1 fully saturated rings. The molecule has 0 saturated carbocycles. The number of ether oxygens (including phenoxy) is 1. The minimum atomic E-state index is -0.978. The van der Waals surface area contributed by atoms with Crippen molar-refractivity contribution in [2.75, 3.05) is 13.2 Å². The number of carboxylic acids is 1. The third-order valence-electron chi connectivity index (χ3n) is 4.25. The van der Waals surface area contributed by atoms with Gasteiger partial charge >= 0.3 is 5.97 Å². The van der Waals surface area contributed by atoms with Gasteiger partial charge in [-0.05, 0) is 38.3 Å². The Balaban J connectivity index is 1.95. The molecule has 1 N–H and O–H groups in total. The SMILES string of the molecule is CCOc1cn(-c2ccccc2)nc1C(=O)N1CCCCC1C(=O)O. The molecular formula is C18H21N3O4. The Morgan fingerprint density at radius 2 is 2.04 bits per heavy atom. The van der Waals surface area contributed by atoms with Gasteiger partial charge in [-0.15, -0.1) is 0 Å². The van der Waals surface area contributed by atoms with Crippen LogP contribution in [0.4, 0.5) is 0 Å². The van der Waals surface area contributed by atoms with E-state index in [2.05, 4.69) is 5.10 Å². The van der Waals surface area contributed by atoms with Crippen molar-refractivity contribution in [3.63, 3.8) is 0 Å². The van der Waals surface area contributed by atoms with Crippen LogP contribution in [0.2, 0.25) is 0 Å². The number of carbonyl (C=O) groups is 2. The number of likely N-dealkylation sites (tertiary alicyclic amines) is 1. The second-order valence-electron chi connectivity index (χ2n) is 5.90. The topological polar surface area (TPSA) is 84.7 Å². The van der Waals surface area contributed by atoms with E-state index >= 15 is 0 Å². The molecule has 1 aromatic heterocycles. The highest BCUT2D eigenvalue weighted by atomic mass is 16.5. The first-order valence-electron chi connectivity index (χ1n) is 8.43. The minimum Gasteiger partial charge on any atom is -0.490 e. The van der Waals surface area contributed by atoms with Crippen LogP contribution >= 0.6 is 0 Å². The summed E-state index contributed by atoms with van der Waals surface area (Å²) in [7, 11) is 0. The van der Waals surface area contributed by atoms with Gasteiger partial charge in [0.05, 0.1) is 18.5 Å². The van der Waals surface area contributed by atoms with Crippen LogP contribution in [0.15, 0.2) is 36.5 Å². The van der Waals surface area contributed by atoms with E-state index in [1.807, 2.05) is 37.3 Å². The van der Waals surface area contributed by atoms with Gasteiger partial charge < -0.3 is 14.7 Å². The molecule has 1 amide bonds. The number of hydrogen-bond donors (Lipinski definition) is 1. The Morgan fingerprint density at radius 1 is 1.28 bits per heavy atom. The molecule has 1 aromatic carbocycles. The summed E-state index contributed by atoms with van der Waals surface area (Å²) in [6.07, 6.45) is 3.71. The van der Waals surface area contributed by atoms with Crippen LogP contribution in [0, 0.1) is 0 Å². The van der Waals surface area contributed by atoms with E-state index in [1.54, 1.807) is 10.9 Å². The number of carboxylic acid groups (broad SMARTS) is 1. The fourth-order valence-electron chi connectivity index (χ4n) is 3.05. The van der Waals surface area contributed by atoms with Crippen molar-refractivity contribution in [1.29, 1.82) is 0 Å². The highest BCUT2D eigenvalue weighted by molar-refractivity contribution is 5.97. The van der Waals surface area contributed by atoms with Crippen molar-refractivity contribution in [3.8, 4) is 11.4 Å². The molecule has 7 nitrogen and oxygen atoms in total. The molecule has 7 heteroatoms. The number of aromatic nitrogens is 2. The van der Waals surface area contributed by atoms with Crippen molar-refractivity contribution < 1.29 is 19.4 Å². The van der Waals surface area contributed by atoms with Crippen molar-refractivity contribution in [1.82, 2.24) is 14.7 Å². The summed E-state index contributed by atoms with van der Waals surface area (Å²) in [5, 5.41) is 13.8. The summed E-state index contributed by atoms with van der Waals surface area (Å²) in [5.41, 5.74) is 0.954. The lowest BCUT2D eigenvalue weighted by atomic mass is 10.0. The quantitative estimate of drug-likeness (QED) is 0.901. The Hall–Kier alpha value is -2.83. The number of hydrogen-bond acceptors (Lipinski definition) is 4. The van der Waals surface area contributed by atoms with Crippen molar-refractivity contribution >= 4 is 11.9 Å². The molecule has 1 unspecified atom stereocenters. The van der Waals surface area contributed by atoms with Crippen LogP contribution in [0.3, 0.4) is 0 Å². The number of amides is 1. The number of piperidine rings is 1. The van der Waals surface area contributed by atoms with Crippen LogP contribution < -0.4 is 4.74 Å². The van der Waals surface area contributed by atoms with Crippen molar-refractivity contribution in [2.45, 2.75) is 32.2 Å². The third kappa shape index (κ3) is 3.50. The van der Waals surface area contributed by atoms with Crippen LogP contribution in [-0.2, 0) is 4.79 Å². The largest absolute Gasteiger partial charge is 0.490 e. The monoisotopic (exact) mass is 343 g/mol. The normalized spacial score (nSPS) is 17.3.